The molecule has 0 saturated carbocycles. The number of carboxylic acids is 1. The minimum absolute atomic E-state index is 0.139. The highest BCUT2D eigenvalue weighted by molar-refractivity contribution is 7.99. The van der Waals surface area contributed by atoms with Crippen molar-refractivity contribution >= 4 is 29.3 Å². The summed E-state index contributed by atoms with van der Waals surface area (Å²) in [5.41, 5.74) is -0.0502. The Balaban J connectivity index is 2.07. The molecule has 162 valence electrons. The number of rotatable bonds is 6. The minimum Gasteiger partial charge on any atom is -0.491 e. The summed E-state index contributed by atoms with van der Waals surface area (Å²) in [6, 6.07) is 2.94. The quantitative estimate of drug-likeness (QED) is 0.524. The summed E-state index contributed by atoms with van der Waals surface area (Å²) in [6.45, 7) is 1.97. The first-order valence-electron chi connectivity index (χ1n) is 9.52. The Kier molecular flexibility index (Phi) is 8.01. The van der Waals surface area contributed by atoms with Gasteiger partial charge in [-0.2, -0.15) is 11.8 Å². The van der Waals surface area contributed by atoms with Crippen LogP contribution in [-0.4, -0.2) is 59.1 Å². The van der Waals surface area contributed by atoms with Crippen molar-refractivity contribution in [3.63, 3.8) is 0 Å². The molecule has 2 aromatic rings. The van der Waals surface area contributed by atoms with Crippen molar-refractivity contribution in [1.29, 1.82) is 0 Å². The van der Waals surface area contributed by atoms with Gasteiger partial charge in [0, 0.05) is 50.8 Å². The number of aromatic nitrogens is 2. The average Bonchev–Trinajstić information content (AvgIpc) is 2.75. The zero-order valence-electron chi connectivity index (χ0n) is 16.6. The summed E-state index contributed by atoms with van der Waals surface area (Å²) >= 11 is 8.09. The molecule has 8 nitrogen and oxygen atoms in total. The van der Waals surface area contributed by atoms with Gasteiger partial charge in [-0.25, -0.2) is 9.78 Å². The molecule has 0 bridgehead atoms. The number of carbonyl (C=O) groups is 1. The number of fused-ring (bicyclic) bond motifs is 3. The van der Waals surface area contributed by atoms with Crippen LogP contribution in [0.2, 0.25) is 5.15 Å². The van der Waals surface area contributed by atoms with Crippen molar-refractivity contribution in [2.75, 3.05) is 38.4 Å². The second-order valence-electron chi connectivity index (χ2n) is 6.57. The molecule has 0 saturated heterocycles. The summed E-state index contributed by atoms with van der Waals surface area (Å²) in [7, 11) is 1.62. The third-order valence-electron chi connectivity index (χ3n) is 4.43. The Morgan fingerprint density at radius 3 is 2.97 bits per heavy atom. The van der Waals surface area contributed by atoms with Crippen molar-refractivity contribution in [3.8, 4) is 22.9 Å². The van der Waals surface area contributed by atoms with Crippen LogP contribution in [0.25, 0.3) is 11.4 Å². The molecule has 1 aliphatic heterocycles. The van der Waals surface area contributed by atoms with Crippen LogP contribution in [-0.2, 0) is 11.3 Å². The normalized spacial score (nSPS) is 14.1. The maximum atomic E-state index is 12.4. The molecule has 30 heavy (non-hydrogen) atoms. The lowest BCUT2D eigenvalue weighted by Gasteiger charge is -2.17. The van der Waals surface area contributed by atoms with Crippen molar-refractivity contribution in [2.45, 2.75) is 19.4 Å². The minimum atomic E-state index is -1.26. The third-order valence-corrected chi connectivity index (χ3v) is 5.75. The van der Waals surface area contributed by atoms with E-state index < -0.39 is 11.4 Å². The number of ether oxygens (including phenoxy) is 3. The van der Waals surface area contributed by atoms with Crippen molar-refractivity contribution < 1.29 is 24.1 Å². The molecule has 3 rings (SSSR count). The zero-order valence-corrected chi connectivity index (χ0v) is 18.1. The first-order chi connectivity index (χ1) is 14.5. The van der Waals surface area contributed by atoms with Crippen molar-refractivity contribution in [3.05, 3.63) is 39.3 Å². The summed E-state index contributed by atoms with van der Waals surface area (Å²) < 4.78 is 18.4. The molecule has 1 N–H and O–H groups in total. The van der Waals surface area contributed by atoms with Crippen LogP contribution >= 0.6 is 23.4 Å². The molecule has 0 spiro atoms. The lowest BCUT2D eigenvalue weighted by Crippen LogP contribution is -2.19. The number of hydrogen-bond acceptors (Lipinski definition) is 7. The first kappa shape index (κ1) is 22.5. The fourth-order valence-electron chi connectivity index (χ4n) is 2.97. The van der Waals surface area contributed by atoms with Gasteiger partial charge in [0.1, 0.15) is 11.3 Å². The van der Waals surface area contributed by atoms with E-state index in [1.165, 1.54) is 12.3 Å². The van der Waals surface area contributed by atoms with E-state index in [0.29, 0.717) is 55.7 Å². The topological polar surface area (TPSA) is 99.9 Å². The number of halogens is 1. The largest absolute Gasteiger partial charge is 0.491 e. The lowest BCUT2D eigenvalue weighted by atomic mass is 10.1. The van der Waals surface area contributed by atoms with E-state index in [-0.39, 0.29) is 10.7 Å². The molecular formula is C20H23ClN2O6S. The molecule has 0 aromatic carbocycles. The van der Waals surface area contributed by atoms with E-state index in [4.69, 9.17) is 25.8 Å². The highest BCUT2D eigenvalue weighted by Gasteiger charge is 2.21. The van der Waals surface area contributed by atoms with Gasteiger partial charge in [0.15, 0.2) is 22.1 Å². The van der Waals surface area contributed by atoms with Gasteiger partial charge in [-0.3, -0.25) is 4.79 Å². The maximum Gasteiger partial charge on any atom is 0.341 e. The molecular weight excluding hydrogens is 432 g/mol. The van der Waals surface area contributed by atoms with Gasteiger partial charge >= 0.3 is 5.97 Å². The number of nitrogens with zero attached hydrogens (tertiary/aromatic N) is 2. The Morgan fingerprint density at radius 1 is 1.37 bits per heavy atom. The maximum absolute atomic E-state index is 12.4. The standard InChI is InChI=1S/C20H23ClN2O6S/c1-27-5-2-6-29-17-11-16-18(22-19(17)21)14-10-15(24)13(20(25)26)12-23(14)4-9-30-8-3-7-28-16/h10-12H,2-9H2,1H3,(H,25,26). The second kappa shape index (κ2) is 10.7. The summed E-state index contributed by atoms with van der Waals surface area (Å²) in [5, 5.41) is 9.47. The molecule has 2 aromatic heterocycles. The van der Waals surface area contributed by atoms with Crippen LogP contribution in [0.15, 0.2) is 23.1 Å². The van der Waals surface area contributed by atoms with E-state index in [1.807, 2.05) is 0 Å². The van der Waals surface area contributed by atoms with E-state index >= 15 is 0 Å². The number of methoxy groups -OCH3 is 1. The second-order valence-corrected chi connectivity index (χ2v) is 8.15. The average molecular weight is 455 g/mol. The van der Waals surface area contributed by atoms with E-state index in [2.05, 4.69) is 4.98 Å². The predicted octanol–water partition coefficient (Wildman–Crippen LogP) is 3.19. The molecule has 0 unspecified atom stereocenters. The number of aromatic carboxylic acids is 1. The van der Waals surface area contributed by atoms with Crippen LogP contribution in [0.3, 0.4) is 0 Å². The SMILES string of the molecule is COCCCOc1cc2c(nc1Cl)-c1cc(=O)c(C(=O)O)cn1CCSCCCO2. The van der Waals surface area contributed by atoms with Crippen molar-refractivity contribution in [2.24, 2.45) is 0 Å². The van der Waals surface area contributed by atoms with Crippen LogP contribution < -0.4 is 14.9 Å². The molecule has 10 heteroatoms. The highest BCUT2D eigenvalue weighted by atomic mass is 35.5. The highest BCUT2D eigenvalue weighted by Crippen LogP contribution is 2.36. The Morgan fingerprint density at radius 2 is 2.20 bits per heavy atom. The summed E-state index contributed by atoms with van der Waals surface area (Å²) in [6.07, 6.45) is 2.89. The van der Waals surface area contributed by atoms with Crippen LogP contribution in [0, 0.1) is 0 Å². The summed E-state index contributed by atoms with van der Waals surface area (Å²) in [5.74, 6) is 1.21. The predicted molar refractivity (Wildman–Crippen MR) is 115 cm³/mol. The molecule has 0 atom stereocenters. The number of aryl methyl sites for hydroxylation is 1. The van der Waals surface area contributed by atoms with E-state index in [9.17, 15) is 14.7 Å². The van der Waals surface area contributed by atoms with Crippen LogP contribution in [0.4, 0.5) is 0 Å². The summed E-state index contributed by atoms with van der Waals surface area (Å²) in [4.78, 5) is 28.2. The van der Waals surface area contributed by atoms with Gasteiger partial charge in [0.05, 0.1) is 18.9 Å². The Bertz CT molecular complexity index is 965. The number of thioether (sulfide) groups is 1. The number of hydrogen-bond donors (Lipinski definition) is 1. The fourth-order valence-corrected chi connectivity index (χ4v) is 4.01. The van der Waals surface area contributed by atoms with E-state index in [0.717, 1.165) is 17.9 Å². The number of carboxylic acid groups (broad SMARTS) is 1. The van der Waals surface area contributed by atoms with Crippen LogP contribution in [0.5, 0.6) is 11.5 Å². The first-order valence-corrected chi connectivity index (χ1v) is 11.1. The Hall–Kier alpha value is -2.23. The smallest absolute Gasteiger partial charge is 0.341 e. The monoisotopic (exact) mass is 454 g/mol. The van der Waals surface area contributed by atoms with Gasteiger partial charge in [-0.1, -0.05) is 11.6 Å². The van der Waals surface area contributed by atoms with Gasteiger partial charge in [0.2, 0.25) is 0 Å². The van der Waals surface area contributed by atoms with E-state index in [1.54, 1.807) is 29.5 Å². The van der Waals surface area contributed by atoms with Gasteiger partial charge in [-0.15, -0.1) is 0 Å². The molecule has 0 fully saturated rings. The zero-order chi connectivity index (χ0) is 21.5. The molecule has 3 heterocycles. The van der Waals surface area contributed by atoms with Gasteiger partial charge in [0.25, 0.3) is 0 Å². The van der Waals surface area contributed by atoms with Gasteiger partial charge in [-0.05, 0) is 12.2 Å². The fraction of sp³-hybridized carbons (Fsp3) is 0.450. The molecule has 1 aliphatic rings. The van der Waals surface area contributed by atoms with Crippen molar-refractivity contribution in [1.82, 2.24) is 9.55 Å². The Labute approximate surface area is 183 Å². The number of pyridine rings is 2. The third kappa shape index (κ3) is 5.47. The molecule has 0 radical (unpaired) electrons. The molecule has 0 amide bonds. The van der Waals surface area contributed by atoms with Gasteiger partial charge < -0.3 is 23.9 Å². The molecule has 0 aliphatic carbocycles. The lowest BCUT2D eigenvalue weighted by molar-refractivity contribution is 0.0694. The van der Waals surface area contributed by atoms with Crippen LogP contribution in [0.1, 0.15) is 23.2 Å².